The molecule has 2 aromatic heterocycles. The highest BCUT2D eigenvalue weighted by Gasteiger charge is 2.20. The lowest BCUT2D eigenvalue weighted by Crippen LogP contribution is -2.31. The number of rotatable bonds is 4. The van der Waals surface area contributed by atoms with Crippen LogP contribution in [-0.4, -0.2) is 31.3 Å². The van der Waals surface area contributed by atoms with Gasteiger partial charge in [-0.25, -0.2) is 9.97 Å². The maximum Gasteiger partial charge on any atom is 0.269 e. The van der Waals surface area contributed by atoms with E-state index in [2.05, 4.69) is 14.9 Å². The van der Waals surface area contributed by atoms with Gasteiger partial charge in [0.05, 0.1) is 10.6 Å². The summed E-state index contributed by atoms with van der Waals surface area (Å²) in [5, 5.41) is 11.5. The molecule has 0 atom stereocenters. The monoisotopic (exact) mass is 381 g/mol. The summed E-state index contributed by atoms with van der Waals surface area (Å²) in [5.74, 6) is 0.700. The van der Waals surface area contributed by atoms with Crippen molar-refractivity contribution in [2.24, 2.45) is 0 Å². The molecular weight excluding hydrogens is 366 g/mol. The smallest absolute Gasteiger partial charge is 0.269 e. The molecule has 0 aliphatic carbocycles. The number of halogens is 1. The van der Waals surface area contributed by atoms with Gasteiger partial charge in [0.2, 0.25) is 0 Å². The molecule has 0 spiro atoms. The zero-order valence-electron chi connectivity index (χ0n) is 14.4. The van der Waals surface area contributed by atoms with Crippen molar-refractivity contribution >= 4 is 17.3 Å². The zero-order valence-corrected chi connectivity index (χ0v) is 15.1. The number of nitrogens with zero attached hydrogens (tertiary/aromatic N) is 5. The van der Waals surface area contributed by atoms with E-state index in [0.717, 1.165) is 35.3 Å². The number of nitro groups is 1. The van der Waals surface area contributed by atoms with Crippen LogP contribution in [-0.2, 0) is 19.5 Å². The zero-order chi connectivity index (χ0) is 18.8. The average molecular weight is 382 g/mol. The van der Waals surface area contributed by atoms with Gasteiger partial charge < -0.3 is 0 Å². The molecule has 3 heterocycles. The summed E-state index contributed by atoms with van der Waals surface area (Å²) in [5.41, 5.74) is 3.86. The van der Waals surface area contributed by atoms with Crippen LogP contribution >= 0.6 is 11.6 Å². The number of aromatic nitrogens is 3. The van der Waals surface area contributed by atoms with E-state index in [9.17, 15) is 10.1 Å². The van der Waals surface area contributed by atoms with Crippen LogP contribution in [0.3, 0.4) is 0 Å². The second kappa shape index (κ2) is 7.38. The number of non-ortho nitro benzene ring substituents is 1. The Kier molecular flexibility index (Phi) is 4.79. The standard InChI is InChI=1S/C19H16ClN5O2/c20-17-2-1-16(25(26)27)9-14(17)11-24-8-5-18-15(12-24)10-22-19(23-18)13-3-6-21-7-4-13/h1-4,6-7,9-10H,5,8,11-12H2. The lowest BCUT2D eigenvalue weighted by Gasteiger charge is -2.28. The molecule has 4 rings (SSSR count). The summed E-state index contributed by atoms with van der Waals surface area (Å²) >= 11 is 6.23. The highest BCUT2D eigenvalue weighted by Crippen LogP contribution is 2.26. The van der Waals surface area contributed by atoms with E-state index in [-0.39, 0.29) is 5.69 Å². The maximum atomic E-state index is 11.0. The fourth-order valence-corrected chi connectivity index (χ4v) is 3.36. The van der Waals surface area contributed by atoms with Crippen molar-refractivity contribution in [3.8, 4) is 11.4 Å². The second-order valence-corrected chi connectivity index (χ2v) is 6.80. The van der Waals surface area contributed by atoms with Crippen LogP contribution < -0.4 is 0 Å². The van der Waals surface area contributed by atoms with Gasteiger partial charge in [-0.15, -0.1) is 0 Å². The Bertz CT molecular complexity index is 997. The van der Waals surface area contributed by atoms with Crippen molar-refractivity contribution in [2.45, 2.75) is 19.5 Å². The molecule has 27 heavy (non-hydrogen) atoms. The van der Waals surface area contributed by atoms with Gasteiger partial charge in [-0.05, 0) is 23.8 Å². The molecule has 0 N–H and O–H groups in total. The lowest BCUT2D eigenvalue weighted by atomic mass is 10.1. The van der Waals surface area contributed by atoms with Gasteiger partial charge in [0.25, 0.3) is 5.69 Å². The Balaban J connectivity index is 1.52. The summed E-state index contributed by atoms with van der Waals surface area (Å²) in [6, 6.07) is 8.33. The van der Waals surface area contributed by atoms with Crippen molar-refractivity contribution in [2.75, 3.05) is 6.54 Å². The fourth-order valence-electron chi connectivity index (χ4n) is 3.19. The molecule has 0 unspecified atom stereocenters. The third-order valence-corrected chi connectivity index (χ3v) is 4.95. The minimum Gasteiger partial charge on any atom is -0.294 e. The molecule has 7 nitrogen and oxygen atoms in total. The fraction of sp³-hybridized carbons (Fsp3) is 0.211. The van der Waals surface area contributed by atoms with Crippen LogP contribution in [0.4, 0.5) is 5.69 Å². The van der Waals surface area contributed by atoms with E-state index in [1.807, 2.05) is 18.3 Å². The van der Waals surface area contributed by atoms with Crippen molar-refractivity contribution in [1.29, 1.82) is 0 Å². The van der Waals surface area contributed by atoms with Gasteiger partial charge >= 0.3 is 0 Å². The molecule has 3 aromatic rings. The van der Waals surface area contributed by atoms with Gasteiger partial charge in [-0.1, -0.05) is 11.6 Å². The Morgan fingerprint density at radius 2 is 2.04 bits per heavy atom. The first kappa shape index (κ1) is 17.5. The van der Waals surface area contributed by atoms with Crippen LogP contribution in [0.5, 0.6) is 0 Å². The molecule has 8 heteroatoms. The number of fused-ring (bicyclic) bond motifs is 1. The van der Waals surface area contributed by atoms with Crippen molar-refractivity contribution in [3.63, 3.8) is 0 Å². The Morgan fingerprint density at radius 1 is 1.22 bits per heavy atom. The first-order chi connectivity index (χ1) is 13.1. The van der Waals surface area contributed by atoms with Gasteiger partial charge in [-0.2, -0.15) is 0 Å². The van der Waals surface area contributed by atoms with Gasteiger partial charge in [-0.3, -0.25) is 20.0 Å². The third kappa shape index (κ3) is 3.79. The number of hydrogen-bond donors (Lipinski definition) is 0. The highest BCUT2D eigenvalue weighted by molar-refractivity contribution is 6.31. The van der Waals surface area contributed by atoms with E-state index in [4.69, 9.17) is 16.6 Å². The highest BCUT2D eigenvalue weighted by atomic mass is 35.5. The summed E-state index contributed by atoms with van der Waals surface area (Å²) in [6.45, 7) is 2.04. The molecule has 0 saturated heterocycles. The molecule has 1 aliphatic rings. The van der Waals surface area contributed by atoms with Crippen molar-refractivity contribution in [3.05, 3.63) is 80.9 Å². The summed E-state index contributed by atoms with van der Waals surface area (Å²) in [7, 11) is 0. The van der Waals surface area contributed by atoms with Gasteiger partial charge in [0.15, 0.2) is 5.82 Å². The van der Waals surface area contributed by atoms with E-state index < -0.39 is 4.92 Å². The molecule has 0 amide bonds. The SMILES string of the molecule is O=[N+]([O-])c1ccc(Cl)c(CN2CCc3nc(-c4ccncc4)ncc3C2)c1. The molecule has 1 aromatic carbocycles. The topological polar surface area (TPSA) is 85.0 Å². The van der Waals surface area contributed by atoms with Crippen molar-refractivity contribution < 1.29 is 4.92 Å². The van der Waals surface area contributed by atoms with E-state index in [1.54, 1.807) is 24.5 Å². The molecule has 1 aliphatic heterocycles. The Labute approximate surface area is 160 Å². The first-order valence-electron chi connectivity index (χ1n) is 8.50. The number of hydrogen-bond acceptors (Lipinski definition) is 6. The Morgan fingerprint density at radius 3 is 2.81 bits per heavy atom. The van der Waals surface area contributed by atoms with Crippen LogP contribution in [0.2, 0.25) is 5.02 Å². The minimum atomic E-state index is -0.403. The summed E-state index contributed by atoms with van der Waals surface area (Å²) in [6.07, 6.45) is 6.10. The Hall–Kier alpha value is -2.90. The molecule has 0 saturated carbocycles. The quantitative estimate of drug-likeness (QED) is 0.506. The third-order valence-electron chi connectivity index (χ3n) is 4.59. The van der Waals surface area contributed by atoms with Crippen LogP contribution in [0, 0.1) is 10.1 Å². The maximum absolute atomic E-state index is 11.0. The van der Waals surface area contributed by atoms with E-state index >= 15 is 0 Å². The van der Waals surface area contributed by atoms with Gasteiger partial charge in [0.1, 0.15) is 0 Å². The van der Waals surface area contributed by atoms with Crippen LogP contribution in [0.1, 0.15) is 16.8 Å². The van der Waals surface area contributed by atoms with E-state index in [0.29, 0.717) is 23.9 Å². The lowest BCUT2D eigenvalue weighted by molar-refractivity contribution is -0.384. The van der Waals surface area contributed by atoms with Gasteiger partial charge in [0, 0.05) is 72.9 Å². The molecule has 136 valence electrons. The molecule has 0 radical (unpaired) electrons. The van der Waals surface area contributed by atoms with Crippen LogP contribution in [0.15, 0.2) is 48.9 Å². The minimum absolute atomic E-state index is 0.0529. The number of nitro benzene ring substituents is 1. The predicted molar refractivity (Wildman–Crippen MR) is 101 cm³/mol. The second-order valence-electron chi connectivity index (χ2n) is 6.39. The predicted octanol–water partition coefficient (Wildman–Crippen LogP) is 3.66. The summed E-state index contributed by atoms with van der Waals surface area (Å²) in [4.78, 5) is 26.0. The van der Waals surface area contributed by atoms with Crippen molar-refractivity contribution in [1.82, 2.24) is 19.9 Å². The molecule has 0 fully saturated rings. The van der Waals surface area contributed by atoms with Crippen LogP contribution in [0.25, 0.3) is 11.4 Å². The number of benzene rings is 1. The van der Waals surface area contributed by atoms with E-state index in [1.165, 1.54) is 6.07 Å². The first-order valence-corrected chi connectivity index (χ1v) is 8.88. The molecular formula is C19H16ClN5O2. The number of pyridine rings is 1. The largest absolute Gasteiger partial charge is 0.294 e. The summed E-state index contributed by atoms with van der Waals surface area (Å²) < 4.78 is 0. The molecule has 0 bridgehead atoms. The average Bonchev–Trinajstić information content (AvgIpc) is 2.69. The normalized spacial score (nSPS) is 14.0.